The van der Waals surface area contributed by atoms with Crippen molar-refractivity contribution in [2.45, 2.75) is 0 Å². The molecular weight excluding hydrogens is 394 g/mol. The van der Waals surface area contributed by atoms with Gasteiger partial charge < -0.3 is 14.5 Å². The minimum atomic E-state index is -0.543. The summed E-state index contributed by atoms with van der Waals surface area (Å²) in [5.41, 5.74) is 0.891. The summed E-state index contributed by atoms with van der Waals surface area (Å²) in [7, 11) is 0. The molecule has 1 amide bonds. The zero-order chi connectivity index (χ0) is 18.7. The second-order valence-corrected chi connectivity index (χ2v) is 7.26. The topological polar surface area (TPSA) is 68.5 Å². The molecule has 1 fully saturated rings. The molecule has 1 saturated heterocycles. The van der Waals surface area contributed by atoms with E-state index in [9.17, 15) is 9.59 Å². The Hall–Kier alpha value is -2.35. The second-order valence-electron chi connectivity index (χ2n) is 5.14. The maximum absolute atomic E-state index is 12.1. The van der Waals surface area contributed by atoms with Gasteiger partial charge in [-0.15, -0.1) is 0 Å². The molecule has 1 aromatic heterocycles. The van der Waals surface area contributed by atoms with Crippen molar-refractivity contribution in [3.63, 3.8) is 0 Å². The van der Waals surface area contributed by atoms with Crippen molar-refractivity contribution in [2.75, 3.05) is 6.61 Å². The van der Waals surface area contributed by atoms with Gasteiger partial charge in [-0.25, -0.2) is 4.79 Å². The summed E-state index contributed by atoms with van der Waals surface area (Å²) in [6.07, 6.45) is 3.09. The van der Waals surface area contributed by atoms with Gasteiger partial charge in [0, 0.05) is 11.6 Å². The highest BCUT2D eigenvalue weighted by atomic mass is 35.5. The van der Waals surface area contributed by atoms with E-state index in [-0.39, 0.29) is 23.1 Å². The predicted octanol–water partition coefficient (Wildman–Crippen LogP) is 4.43. The summed E-state index contributed by atoms with van der Waals surface area (Å²) in [5.74, 6) is 0.222. The van der Waals surface area contributed by atoms with Crippen molar-refractivity contribution in [3.8, 4) is 11.3 Å². The molecule has 8 heteroatoms. The number of hydrogen-bond donors (Lipinski definition) is 1. The number of carbonyl (C=O) groups is 2. The van der Waals surface area contributed by atoms with Gasteiger partial charge >= 0.3 is 5.97 Å². The largest absolute Gasteiger partial charge is 0.458 e. The molecule has 0 saturated carbocycles. The zero-order valence-corrected chi connectivity index (χ0v) is 15.7. The van der Waals surface area contributed by atoms with Gasteiger partial charge in [-0.05, 0) is 30.3 Å². The lowest BCUT2D eigenvalue weighted by molar-refractivity contribution is -0.115. The van der Waals surface area contributed by atoms with E-state index in [1.165, 1.54) is 17.8 Å². The molecule has 0 spiro atoms. The van der Waals surface area contributed by atoms with Crippen molar-refractivity contribution < 1.29 is 18.7 Å². The lowest BCUT2D eigenvalue weighted by Gasteiger charge is -2.06. The van der Waals surface area contributed by atoms with Gasteiger partial charge in [-0.2, -0.15) is 0 Å². The van der Waals surface area contributed by atoms with Crippen LogP contribution in [0.4, 0.5) is 0 Å². The van der Waals surface area contributed by atoms with Gasteiger partial charge in [0.15, 0.2) is 0 Å². The maximum atomic E-state index is 12.1. The van der Waals surface area contributed by atoms with Crippen molar-refractivity contribution in [3.05, 3.63) is 64.2 Å². The average molecular weight is 406 g/mol. The van der Waals surface area contributed by atoms with Crippen LogP contribution in [0.3, 0.4) is 0 Å². The Morgan fingerprint density at radius 3 is 2.88 bits per heavy atom. The van der Waals surface area contributed by atoms with Crippen LogP contribution in [0.5, 0.6) is 0 Å². The average Bonchev–Trinajstić information content (AvgIpc) is 3.20. The quantitative estimate of drug-likeness (QED) is 0.343. The number of esters is 1. The van der Waals surface area contributed by atoms with E-state index in [2.05, 4.69) is 11.9 Å². The smallest absolute Gasteiger partial charge is 0.339 e. The molecule has 0 aliphatic carbocycles. The molecule has 0 unspecified atom stereocenters. The van der Waals surface area contributed by atoms with Gasteiger partial charge in [0.2, 0.25) is 0 Å². The van der Waals surface area contributed by atoms with E-state index in [1.807, 2.05) is 0 Å². The molecular formula is C18H12ClNO4S2. The zero-order valence-electron chi connectivity index (χ0n) is 13.3. The van der Waals surface area contributed by atoms with E-state index in [4.69, 9.17) is 33.0 Å². The first-order valence-electron chi connectivity index (χ1n) is 7.40. The highest BCUT2D eigenvalue weighted by Crippen LogP contribution is 2.30. The van der Waals surface area contributed by atoms with E-state index in [1.54, 1.807) is 36.4 Å². The highest BCUT2D eigenvalue weighted by Gasteiger charge is 2.22. The van der Waals surface area contributed by atoms with Crippen molar-refractivity contribution in [2.24, 2.45) is 0 Å². The van der Waals surface area contributed by atoms with Crippen molar-refractivity contribution in [1.82, 2.24) is 5.32 Å². The Labute approximate surface area is 164 Å². The number of nitrogens with one attached hydrogen (secondary N) is 1. The van der Waals surface area contributed by atoms with Crippen LogP contribution < -0.4 is 5.32 Å². The summed E-state index contributed by atoms with van der Waals surface area (Å²) >= 11 is 12.2. The Morgan fingerprint density at radius 2 is 2.19 bits per heavy atom. The summed E-state index contributed by atoms with van der Waals surface area (Å²) in [5, 5.41) is 2.82. The molecule has 1 aliphatic heterocycles. The molecule has 0 bridgehead atoms. The number of hydrogen-bond acceptors (Lipinski definition) is 6. The van der Waals surface area contributed by atoms with E-state index in [0.717, 1.165) is 0 Å². The first-order chi connectivity index (χ1) is 12.5. The van der Waals surface area contributed by atoms with Crippen LogP contribution in [0, 0.1) is 0 Å². The molecule has 0 radical (unpaired) electrons. The first-order valence-corrected chi connectivity index (χ1v) is 9.01. The Morgan fingerprint density at radius 1 is 1.38 bits per heavy atom. The maximum Gasteiger partial charge on any atom is 0.339 e. The number of carbonyl (C=O) groups excluding carboxylic acids is 2. The monoisotopic (exact) mass is 405 g/mol. The van der Waals surface area contributed by atoms with Crippen LogP contribution in [-0.2, 0) is 9.53 Å². The van der Waals surface area contributed by atoms with E-state index < -0.39 is 5.97 Å². The Kier molecular flexibility index (Phi) is 5.61. The predicted molar refractivity (Wildman–Crippen MR) is 106 cm³/mol. The van der Waals surface area contributed by atoms with Crippen LogP contribution in [0.25, 0.3) is 17.4 Å². The lowest BCUT2D eigenvalue weighted by atomic mass is 10.1. The van der Waals surface area contributed by atoms with Crippen LogP contribution >= 0.6 is 35.6 Å². The number of thiocarbonyl (C=S) groups is 1. The normalized spacial score (nSPS) is 15.2. The third-order valence-electron chi connectivity index (χ3n) is 3.35. The number of ether oxygens (including phenoxy) is 1. The molecule has 1 aromatic carbocycles. The molecule has 2 aromatic rings. The van der Waals surface area contributed by atoms with Gasteiger partial charge in [0.05, 0.1) is 15.5 Å². The molecule has 3 rings (SSSR count). The summed E-state index contributed by atoms with van der Waals surface area (Å²) in [6, 6.07) is 8.39. The minimum absolute atomic E-state index is 0.0967. The van der Waals surface area contributed by atoms with Crippen LogP contribution in [-0.4, -0.2) is 22.8 Å². The van der Waals surface area contributed by atoms with Crippen molar-refractivity contribution >= 4 is 57.9 Å². The number of rotatable bonds is 5. The van der Waals surface area contributed by atoms with Gasteiger partial charge in [0.25, 0.3) is 5.91 Å². The molecule has 1 aliphatic rings. The summed E-state index contributed by atoms with van der Waals surface area (Å²) in [6.45, 7) is 3.60. The third-order valence-corrected chi connectivity index (χ3v) is 4.84. The van der Waals surface area contributed by atoms with Crippen molar-refractivity contribution in [1.29, 1.82) is 0 Å². The number of halogens is 1. The summed E-state index contributed by atoms with van der Waals surface area (Å²) < 4.78 is 11.2. The van der Waals surface area contributed by atoms with Gasteiger partial charge in [-0.3, -0.25) is 4.79 Å². The fourth-order valence-corrected chi connectivity index (χ4v) is 3.40. The Balaban J connectivity index is 1.86. The van der Waals surface area contributed by atoms with Gasteiger partial charge in [0.1, 0.15) is 22.4 Å². The molecule has 1 N–H and O–H groups in total. The first kappa shape index (κ1) is 18.4. The highest BCUT2D eigenvalue weighted by molar-refractivity contribution is 8.26. The molecule has 0 atom stereocenters. The summed E-state index contributed by atoms with van der Waals surface area (Å²) in [4.78, 5) is 24.2. The number of thioether (sulfide) groups is 1. The third kappa shape index (κ3) is 4.07. The van der Waals surface area contributed by atoms with Crippen LogP contribution in [0.15, 0.2) is 52.3 Å². The van der Waals surface area contributed by atoms with Crippen LogP contribution in [0.1, 0.15) is 16.1 Å². The number of furan rings is 1. The number of amides is 1. The molecule has 2 heterocycles. The van der Waals surface area contributed by atoms with E-state index >= 15 is 0 Å². The molecule has 26 heavy (non-hydrogen) atoms. The molecule has 5 nitrogen and oxygen atoms in total. The minimum Gasteiger partial charge on any atom is -0.458 e. The standard InChI is InChI=1S/C18H12ClNO4S2/c1-2-7-23-17(22)12-8-10(3-5-13(12)19)14-6-4-11(24-14)9-15-16(21)20-18(25)26-15/h2-6,8-9H,1,7H2,(H,20,21,25)/b15-9+. The Bertz CT molecular complexity index is 948. The van der Waals surface area contributed by atoms with E-state index in [0.29, 0.717) is 26.3 Å². The SMILES string of the molecule is C=CCOC(=O)c1cc(-c2ccc(/C=C3/SC(=S)NC3=O)o2)ccc1Cl. The van der Waals surface area contributed by atoms with Crippen LogP contribution in [0.2, 0.25) is 5.02 Å². The fourth-order valence-electron chi connectivity index (χ4n) is 2.18. The number of benzene rings is 1. The van der Waals surface area contributed by atoms with Gasteiger partial charge in [-0.1, -0.05) is 48.2 Å². The fraction of sp³-hybridized carbons (Fsp3) is 0.0556. The lowest BCUT2D eigenvalue weighted by Crippen LogP contribution is -2.17. The second kappa shape index (κ2) is 7.90. The molecule has 132 valence electrons.